The molecule has 0 spiro atoms. The third-order valence-electron chi connectivity index (χ3n) is 3.92. The third-order valence-corrected chi connectivity index (χ3v) is 3.92. The Balaban J connectivity index is 0.000000861. The van der Waals surface area contributed by atoms with Gasteiger partial charge in [0.25, 0.3) is 0 Å². The lowest BCUT2D eigenvalue weighted by Crippen LogP contribution is -2.44. The zero-order valence-electron chi connectivity index (χ0n) is 12.7. The molecule has 19 heavy (non-hydrogen) atoms. The van der Waals surface area contributed by atoms with Gasteiger partial charge in [-0.1, -0.05) is 44.2 Å². The predicted molar refractivity (Wildman–Crippen MR) is 81.0 cm³/mol. The molecule has 1 aliphatic rings. The van der Waals surface area contributed by atoms with Crippen LogP contribution in [0, 0.1) is 11.3 Å². The van der Waals surface area contributed by atoms with Crippen molar-refractivity contribution in [3.05, 3.63) is 35.9 Å². The lowest BCUT2D eigenvalue weighted by atomic mass is 9.74. The Morgan fingerprint density at radius 1 is 1.11 bits per heavy atom. The van der Waals surface area contributed by atoms with Crippen LogP contribution in [-0.4, -0.2) is 24.0 Å². The molecule has 1 aliphatic heterocycles. The van der Waals surface area contributed by atoms with Crippen molar-refractivity contribution in [1.82, 2.24) is 4.90 Å². The van der Waals surface area contributed by atoms with Gasteiger partial charge in [-0.15, -0.1) is 0 Å². The summed E-state index contributed by atoms with van der Waals surface area (Å²) in [4.78, 5) is 2.46. The van der Waals surface area contributed by atoms with Crippen LogP contribution in [0.1, 0.15) is 46.1 Å². The summed E-state index contributed by atoms with van der Waals surface area (Å²) < 4.78 is 0. The minimum absolute atomic E-state index is 0.257. The average Bonchev–Trinajstić information content (AvgIpc) is 2.50. The maximum absolute atomic E-state index is 9.55. The first-order valence-corrected chi connectivity index (χ1v) is 7.39. The minimum atomic E-state index is -0.257. The number of benzene rings is 1. The molecule has 0 atom stereocenters. The molecule has 0 radical (unpaired) electrons. The van der Waals surface area contributed by atoms with Crippen molar-refractivity contribution < 1.29 is 0 Å². The highest BCUT2D eigenvalue weighted by Gasteiger charge is 2.36. The summed E-state index contributed by atoms with van der Waals surface area (Å²) in [5.74, 6) is 0. The van der Waals surface area contributed by atoms with E-state index in [4.69, 9.17) is 0 Å². The van der Waals surface area contributed by atoms with E-state index in [1.54, 1.807) is 0 Å². The van der Waals surface area contributed by atoms with Crippen LogP contribution in [0.5, 0.6) is 0 Å². The Labute approximate surface area is 118 Å². The summed E-state index contributed by atoms with van der Waals surface area (Å²) >= 11 is 0. The van der Waals surface area contributed by atoms with Gasteiger partial charge in [0.15, 0.2) is 0 Å². The summed E-state index contributed by atoms with van der Waals surface area (Å²) in [6, 6.07) is 13.4. The van der Waals surface area contributed by atoms with Crippen molar-refractivity contribution in [2.45, 2.75) is 52.0 Å². The molecular formula is C17H26N2. The predicted octanol–water partition coefficient (Wildman–Crippen LogP) is 3.98. The van der Waals surface area contributed by atoms with E-state index in [0.29, 0.717) is 6.04 Å². The summed E-state index contributed by atoms with van der Waals surface area (Å²) in [7, 11) is 0. The van der Waals surface area contributed by atoms with Crippen LogP contribution in [0.4, 0.5) is 0 Å². The molecule has 2 rings (SSSR count). The first-order chi connectivity index (χ1) is 9.18. The fourth-order valence-electron chi connectivity index (χ4n) is 2.64. The van der Waals surface area contributed by atoms with Crippen molar-refractivity contribution in [3.8, 4) is 6.07 Å². The Hall–Kier alpha value is -1.33. The van der Waals surface area contributed by atoms with Crippen LogP contribution < -0.4 is 0 Å². The Morgan fingerprint density at radius 2 is 1.63 bits per heavy atom. The smallest absolute Gasteiger partial charge is 0.0846 e. The van der Waals surface area contributed by atoms with Gasteiger partial charge >= 0.3 is 0 Å². The van der Waals surface area contributed by atoms with Gasteiger partial charge in [0.1, 0.15) is 0 Å². The van der Waals surface area contributed by atoms with Crippen molar-refractivity contribution in [2.75, 3.05) is 13.1 Å². The molecular weight excluding hydrogens is 232 g/mol. The molecule has 1 fully saturated rings. The molecule has 0 aromatic heterocycles. The number of hydrogen-bond donors (Lipinski definition) is 0. The molecule has 1 saturated heterocycles. The van der Waals surface area contributed by atoms with Crippen molar-refractivity contribution in [2.24, 2.45) is 0 Å². The number of nitrogens with zero attached hydrogens (tertiary/aromatic N) is 2. The van der Waals surface area contributed by atoms with Crippen LogP contribution in [0.15, 0.2) is 30.3 Å². The SMILES string of the molecule is CC.CC(C)N1CCC(C#N)(c2ccccc2)CC1. The number of nitriles is 1. The molecule has 0 N–H and O–H groups in total. The van der Waals surface area contributed by atoms with Gasteiger partial charge in [0, 0.05) is 19.1 Å². The number of likely N-dealkylation sites (tertiary alicyclic amines) is 1. The molecule has 0 aliphatic carbocycles. The van der Waals surface area contributed by atoms with Crippen LogP contribution in [-0.2, 0) is 5.41 Å². The summed E-state index contributed by atoms with van der Waals surface area (Å²) in [6.07, 6.45) is 1.90. The van der Waals surface area contributed by atoms with Crippen LogP contribution in [0.2, 0.25) is 0 Å². The molecule has 1 aromatic rings. The fraction of sp³-hybridized carbons (Fsp3) is 0.588. The van der Waals surface area contributed by atoms with E-state index in [9.17, 15) is 5.26 Å². The van der Waals surface area contributed by atoms with Gasteiger partial charge in [-0.25, -0.2) is 0 Å². The molecule has 0 unspecified atom stereocenters. The van der Waals surface area contributed by atoms with Gasteiger partial charge < -0.3 is 4.90 Å². The second-order valence-corrected chi connectivity index (χ2v) is 5.19. The van der Waals surface area contributed by atoms with Crippen LogP contribution in [0.3, 0.4) is 0 Å². The van der Waals surface area contributed by atoms with Crippen LogP contribution in [0.25, 0.3) is 0 Å². The quantitative estimate of drug-likeness (QED) is 0.802. The highest BCUT2D eigenvalue weighted by atomic mass is 15.2. The second-order valence-electron chi connectivity index (χ2n) is 5.19. The van der Waals surface area contributed by atoms with Gasteiger partial charge in [-0.2, -0.15) is 5.26 Å². The van der Waals surface area contributed by atoms with Crippen molar-refractivity contribution in [1.29, 1.82) is 5.26 Å². The summed E-state index contributed by atoms with van der Waals surface area (Å²) in [5.41, 5.74) is 0.929. The summed E-state index contributed by atoms with van der Waals surface area (Å²) in [5, 5.41) is 9.55. The average molecular weight is 258 g/mol. The number of rotatable bonds is 2. The highest BCUT2D eigenvalue weighted by molar-refractivity contribution is 5.33. The van der Waals surface area contributed by atoms with Crippen molar-refractivity contribution >= 4 is 0 Å². The maximum atomic E-state index is 9.55. The molecule has 104 valence electrons. The largest absolute Gasteiger partial charge is 0.301 e. The van der Waals surface area contributed by atoms with Gasteiger partial charge in [0.05, 0.1) is 11.5 Å². The molecule has 1 heterocycles. The first kappa shape index (κ1) is 15.7. The second kappa shape index (κ2) is 7.31. The van der Waals surface area contributed by atoms with E-state index in [1.807, 2.05) is 32.0 Å². The van der Waals surface area contributed by atoms with Gasteiger partial charge in [0.2, 0.25) is 0 Å². The monoisotopic (exact) mass is 258 g/mol. The normalized spacial score (nSPS) is 18.3. The Morgan fingerprint density at radius 3 is 2.05 bits per heavy atom. The Kier molecular flexibility index (Phi) is 6.05. The first-order valence-electron chi connectivity index (χ1n) is 7.39. The molecule has 0 bridgehead atoms. The standard InChI is InChI=1S/C15H20N2.C2H6/c1-13(2)17-10-8-15(12-16,9-11-17)14-6-4-3-5-7-14;1-2/h3-7,13H,8-11H2,1-2H3;1-2H3. The molecule has 2 heteroatoms. The van der Waals surface area contributed by atoms with Crippen molar-refractivity contribution in [3.63, 3.8) is 0 Å². The van der Waals surface area contributed by atoms with E-state index in [2.05, 4.69) is 36.9 Å². The Bertz CT molecular complexity index is 395. The molecule has 0 amide bonds. The summed E-state index contributed by atoms with van der Waals surface area (Å²) in [6.45, 7) is 10.5. The third kappa shape index (κ3) is 3.58. The van der Waals surface area contributed by atoms with E-state index < -0.39 is 0 Å². The van der Waals surface area contributed by atoms with E-state index in [1.165, 1.54) is 5.56 Å². The fourth-order valence-corrected chi connectivity index (χ4v) is 2.64. The van der Waals surface area contributed by atoms with Crippen LogP contribution >= 0.6 is 0 Å². The van der Waals surface area contributed by atoms with Gasteiger partial charge in [-0.05, 0) is 32.3 Å². The van der Waals surface area contributed by atoms with E-state index >= 15 is 0 Å². The molecule has 2 nitrogen and oxygen atoms in total. The molecule has 1 aromatic carbocycles. The highest BCUT2D eigenvalue weighted by Crippen LogP contribution is 2.35. The minimum Gasteiger partial charge on any atom is -0.301 e. The number of hydrogen-bond acceptors (Lipinski definition) is 2. The number of piperidine rings is 1. The lowest BCUT2D eigenvalue weighted by Gasteiger charge is -2.39. The van der Waals surface area contributed by atoms with Gasteiger partial charge in [-0.3, -0.25) is 0 Å². The van der Waals surface area contributed by atoms with E-state index in [-0.39, 0.29) is 5.41 Å². The zero-order chi connectivity index (χ0) is 14.3. The molecule has 0 saturated carbocycles. The van der Waals surface area contributed by atoms with E-state index in [0.717, 1.165) is 25.9 Å². The zero-order valence-corrected chi connectivity index (χ0v) is 12.7. The lowest BCUT2D eigenvalue weighted by molar-refractivity contribution is 0.151. The maximum Gasteiger partial charge on any atom is 0.0846 e. The topological polar surface area (TPSA) is 27.0 Å².